The Morgan fingerprint density at radius 1 is 0.971 bits per heavy atom. The molecule has 4 aromatic rings. The van der Waals surface area contributed by atoms with Gasteiger partial charge in [-0.05, 0) is 49.4 Å². The number of primary amides is 1. The molecule has 1 aliphatic rings. The Morgan fingerprint density at radius 3 is 2.50 bits per heavy atom. The number of halogens is 1. The van der Waals surface area contributed by atoms with E-state index in [9.17, 15) is 9.59 Å². The molecule has 5 nitrogen and oxygen atoms in total. The van der Waals surface area contributed by atoms with Crippen LogP contribution in [0.15, 0.2) is 54.6 Å². The first-order valence-corrected chi connectivity index (χ1v) is 12.6. The fourth-order valence-electron chi connectivity index (χ4n) is 4.61. The Bertz CT molecular complexity index is 1410. The molecule has 0 spiro atoms. The first kappa shape index (κ1) is 22.6. The minimum Gasteiger partial charge on any atom is -0.365 e. The van der Waals surface area contributed by atoms with E-state index in [0.717, 1.165) is 53.5 Å². The lowest BCUT2D eigenvalue weighted by Gasteiger charge is -2.12. The SMILES string of the molecule is NC(=O)c1c(NC(=O)c2cc(-c3ccccc3Cl)nc3ccccc23)sc2c1CCCCCC2. The van der Waals surface area contributed by atoms with Crippen molar-refractivity contribution in [2.75, 3.05) is 5.32 Å². The molecule has 0 fully saturated rings. The number of nitrogens with two attached hydrogens (primary N) is 1. The summed E-state index contributed by atoms with van der Waals surface area (Å²) in [5, 5.41) is 4.83. The monoisotopic (exact) mass is 489 g/mol. The van der Waals surface area contributed by atoms with E-state index in [1.165, 1.54) is 17.8 Å². The highest BCUT2D eigenvalue weighted by atomic mass is 35.5. The number of pyridine rings is 1. The number of hydrogen-bond acceptors (Lipinski definition) is 4. The molecular formula is C27H24ClN3O2S. The quantitative estimate of drug-likeness (QED) is 0.337. The largest absolute Gasteiger partial charge is 0.365 e. The first-order valence-electron chi connectivity index (χ1n) is 11.4. The van der Waals surface area contributed by atoms with Crippen LogP contribution in [0.2, 0.25) is 5.02 Å². The third-order valence-corrected chi connectivity index (χ3v) is 7.79. The van der Waals surface area contributed by atoms with Gasteiger partial charge in [0.25, 0.3) is 11.8 Å². The van der Waals surface area contributed by atoms with Crippen LogP contribution in [0.1, 0.15) is 56.8 Å². The van der Waals surface area contributed by atoms with Gasteiger partial charge in [0.1, 0.15) is 5.00 Å². The molecule has 1 aliphatic carbocycles. The van der Waals surface area contributed by atoms with Crippen LogP contribution in [0.5, 0.6) is 0 Å². The van der Waals surface area contributed by atoms with Crippen molar-refractivity contribution in [3.8, 4) is 11.3 Å². The maximum absolute atomic E-state index is 13.6. The van der Waals surface area contributed by atoms with Gasteiger partial charge in [0.15, 0.2) is 0 Å². The van der Waals surface area contributed by atoms with Crippen molar-refractivity contribution >= 4 is 50.7 Å². The Labute approximate surface area is 207 Å². The van der Waals surface area contributed by atoms with Gasteiger partial charge in [-0.25, -0.2) is 4.98 Å². The molecule has 3 N–H and O–H groups in total. The van der Waals surface area contributed by atoms with Gasteiger partial charge in [-0.15, -0.1) is 11.3 Å². The number of aromatic nitrogens is 1. The van der Waals surface area contributed by atoms with Crippen molar-refractivity contribution in [1.29, 1.82) is 0 Å². The lowest BCUT2D eigenvalue weighted by molar-refractivity contribution is 0.100. The molecule has 34 heavy (non-hydrogen) atoms. The van der Waals surface area contributed by atoms with Crippen LogP contribution in [0.4, 0.5) is 5.00 Å². The standard InChI is InChI=1S/C27H24ClN3O2S/c28-20-12-7-5-10-17(20)22-15-19(16-9-6-8-13-21(16)30-22)26(33)31-27-24(25(29)32)18-11-3-1-2-4-14-23(18)34-27/h5-10,12-13,15H,1-4,11,14H2,(H2,29,32)(H,31,33). The Morgan fingerprint density at radius 2 is 1.71 bits per heavy atom. The average Bonchev–Trinajstić information content (AvgIpc) is 3.14. The van der Waals surface area contributed by atoms with Gasteiger partial charge in [-0.3, -0.25) is 9.59 Å². The number of benzene rings is 2. The predicted molar refractivity (Wildman–Crippen MR) is 139 cm³/mol. The molecule has 2 aromatic carbocycles. The van der Waals surface area contributed by atoms with E-state index in [4.69, 9.17) is 22.3 Å². The van der Waals surface area contributed by atoms with Crippen LogP contribution in [0.3, 0.4) is 0 Å². The highest BCUT2D eigenvalue weighted by molar-refractivity contribution is 7.17. The van der Waals surface area contributed by atoms with Crippen molar-refractivity contribution in [1.82, 2.24) is 4.98 Å². The lowest BCUT2D eigenvalue weighted by atomic mass is 9.96. The lowest BCUT2D eigenvalue weighted by Crippen LogP contribution is -2.18. The van der Waals surface area contributed by atoms with Gasteiger partial charge in [-0.1, -0.05) is 60.8 Å². The Hall–Kier alpha value is -3.22. The summed E-state index contributed by atoms with van der Waals surface area (Å²) in [5.41, 5.74) is 9.78. The first-order chi connectivity index (χ1) is 16.5. The third kappa shape index (κ3) is 4.31. The number of amides is 2. The van der Waals surface area contributed by atoms with Gasteiger partial charge in [-0.2, -0.15) is 0 Å². The molecule has 2 aromatic heterocycles. The average molecular weight is 490 g/mol. The van der Waals surface area contributed by atoms with E-state index in [2.05, 4.69) is 5.32 Å². The fraction of sp³-hybridized carbons (Fsp3) is 0.222. The highest BCUT2D eigenvalue weighted by Crippen LogP contribution is 2.38. The summed E-state index contributed by atoms with van der Waals surface area (Å²) in [6.45, 7) is 0. The maximum atomic E-state index is 13.6. The van der Waals surface area contributed by atoms with Crippen LogP contribution in [0.25, 0.3) is 22.2 Å². The van der Waals surface area contributed by atoms with Gasteiger partial charge < -0.3 is 11.1 Å². The van der Waals surface area contributed by atoms with Crippen LogP contribution >= 0.6 is 22.9 Å². The molecular weight excluding hydrogens is 466 g/mol. The van der Waals surface area contributed by atoms with Gasteiger partial charge in [0.2, 0.25) is 0 Å². The van der Waals surface area contributed by atoms with Gasteiger partial charge >= 0.3 is 0 Å². The minimum atomic E-state index is -0.496. The van der Waals surface area contributed by atoms with Crippen LogP contribution in [-0.4, -0.2) is 16.8 Å². The van der Waals surface area contributed by atoms with Gasteiger partial charge in [0.05, 0.1) is 22.3 Å². The molecule has 2 heterocycles. The van der Waals surface area contributed by atoms with Crippen LogP contribution in [0, 0.1) is 0 Å². The van der Waals surface area contributed by atoms with E-state index in [1.807, 2.05) is 42.5 Å². The summed E-state index contributed by atoms with van der Waals surface area (Å²) >= 11 is 7.90. The smallest absolute Gasteiger partial charge is 0.257 e. The van der Waals surface area contributed by atoms with E-state index < -0.39 is 5.91 Å². The summed E-state index contributed by atoms with van der Waals surface area (Å²) in [6, 6.07) is 16.7. The normalized spacial score (nSPS) is 13.7. The van der Waals surface area contributed by atoms with Gasteiger partial charge in [0, 0.05) is 20.8 Å². The van der Waals surface area contributed by atoms with Crippen molar-refractivity contribution in [3.63, 3.8) is 0 Å². The number of nitrogens with one attached hydrogen (secondary N) is 1. The third-order valence-electron chi connectivity index (χ3n) is 6.26. The Kier molecular flexibility index (Phi) is 6.35. The molecule has 0 atom stereocenters. The maximum Gasteiger partial charge on any atom is 0.257 e. The second-order valence-corrected chi connectivity index (χ2v) is 10.0. The van der Waals surface area contributed by atoms with Crippen molar-refractivity contribution in [3.05, 3.63) is 81.2 Å². The fourth-order valence-corrected chi connectivity index (χ4v) is 6.13. The van der Waals surface area contributed by atoms with E-state index in [-0.39, 0.29) is 5.91 Å². The molecule has 0 bridgehead atoms. The van der Waals surface area contributed by atoms with E-state index in [0.29, 0.717) is 32.4 Å². The number of thiophene rings is 1. The molecule has 0 saturated carbocycles. The molecule has 0 aliphatic heterocycles. The molecule has 0 radical (unpaired) electrons. The second kappa shape index (κ2) is 9.57. The number of carbonyl (C=O) groups is 2. The number of nitrogens with zero attached hydrogens (tertiary/aromatic N) is 1. The number of carbonyl (C=O) groups excluding carboxylic acids is 2. The molecule has 0 saturated heterocycles. The highest BCUT2D eigenvalue weighted by Gasteiger charge is 2.25. The number of aryl methyl sites for hydroxylation is 1. The predicted octanol–water partition coefficient (Wildman–Crippen LogP) is 6.63. The summed E-state index contributed by atoms with van der Waals surface area (Å²) in [4.78, 5) is 31.9. The van der Waals surface area contributed by atoms with Crippen molar-refractivity contribution in [2.24, 2.45) is 5.73 Å². The zero-order chi connectivity index (χ0) is 23.7. The molecule has 0 unspecified atom stereocenters. The second-order valence-electron chi connectivity index (χ2n) is 8.49. The molecule has 2 amide bonds. The molecule has 7 heteroatoms. The van der Waals surface area contributed by atoms with Crippen LogP contribution in [-0.2, 0) is 12.8 Å². The zero-order valence-corrected chi connectivity index (χ0v) is 20.1. The molecule has 172 valence electrons. The van der Waals surface area contributed by atoms with E-state index in [1.54, 1.807) is 12.1 Å². The Balaban J connectivity index is 1.59. The topological polar surface area (TPSA) is 85.1 Å². The minimum absolute atomic E-state index is 0.302. The van der Waals surface area contributed by atoms with Crippen molar-refractivity contribution < 1.29 is 9.59 Å². The number of rotatable bonds is 4. The molecule has 5 rings (SSSR count). The van der Waals surface area contributed by atoms with Crippen molar-refractivity contribution in [2.45, 2.75) is 38.5 Å². The summed E-state index contributed by atoms with van der Waals surface area (Å²) in [5.74, 6) is -0.798. The summed E-state index contributed by atoms with van der Waals surface area (Å²) in [7, 11) is 0. The van der Waals surface area contributed by atoms with E-state index >= 15 is 0 Å². The van der Waals surface area contributed by atoms with Crippen LogP contribution < -0.4 is 11.1 Å². The summed E-state index contributed by atoms with van der Waals surface area (Å²) < 4.78 is 0. The number of fused-ring (bicyclic) bond motifs is 2. The number of anilines is 1. The zero-order valence-electron chi connectivity index (χ0n) is 18.6. The number of para-hydroxylation sites is 1. The summed E-state index contributed by atoms with van der Waals surface area (Å²) in [6.07, 6.45) is 6.14. The number of hydrogen-bond donors (Lipinski definition) is 2.